The summed E-state index contributed by atoms with van der Waals surface area (Å²) in [4.78, 5) is 25.4. The largest absolute Gasteiger partial charge is 0.294 e. The minimum atomic E-state index is -3.30. The van der Waals surface area contributed by atoms with Crippen LogP contribution in [0.25, 0.3) is 0 Å². The molecule has 0 saturated heterocycles. The van der Waals surface area contributed by atoms with E-state index >= 15 is 0 Å². The first-order chi connectivity index (χ1) is 11.2. The molecule has 6 heteroatoms. The molecule has 2 aliphatic rings. The summed E-state index contributed by atoms with van der Waals surface area (Å²) in [6.07, 6.45) is 2.70. The number of hydrogen-bond acceptors (Lipinski definition) is 4. The maximum absolute atomic E-state index is 12.9. The van der Waals surface area contributed by atoms with Crippen LogP contribution in [-0.4, -0.2) is 25.7 Å². The highest BCUT2D eigenvalue weighted by Crippen LogP contribution is 2.35. The van der Waals surface area contributed by atoms with Gasteiger partial charge in [-0.2, -0.15) is 0 Å². The number of ketones is 2. The minimum absolute atomic E-state index is 0.0732. The quantitative estimate of drug-likeness (QED) is 0.593. The molecule has 4 nitrogen and oxygen atoms in total. The summed E-state index contributed by atoms with van der Waals surface area (Å²) in [5.74, 6) is -0.460. The second-order valence-electron chi connectivity index (χ2n) is 6.48. The van der Waals surface area contributed by atoms with E-state index in [0.29, 0.717) is 64.3 Å². The van der Waals surface area contributed by atoms with Crippen molar-refractivity contribution >= 4 is 33.0 Å². The third-order valence-electron chi connectivity index (χ3n) is 4.82. The lowest BCUT2D eigenvalue weighted by atomic mass is 9.87. The van der Waals surface area contributed by atoms with Crippen LogP contribution < -0.4 is 0 Å². The smallest absolute Gasteiger partial charge is 0.198 e. The van der Waals surface area contributed by atoms with E-state index in [1.807, 2.05) is 0 Å². The monoisotopic (exact) mass is 366 g/mol. The molecule has 0 spiro atoms. The second-order valence-corrected chi connectivity index (χ2v) is 8.98. The number of halogens is 1. The van der Waals surface area contributed by atoms with Crippen molar-refractivity contribution in [2.75, 3.05) is 5.75 Å². The van der Waals surface area contributed by atoms with Gasteiger partial charge in [-0.1, -0.05) is 11.6 Å². The number of fused-ring (bicyclic) bond motifs is 1. The molecular formula is C18H19ClO4S. The predicted molar refractivity (Wildman–Crippen MR) is 92.4 cm³/mol. The molecule has 1 aromatic carbocycles. The first kappa shape index (κ1) is 17.4. The zero-order valence-corrected chi connectivity index (χ0v) is 15.3. The van der Waals surface area contributed by atoms with Gasteiger partial charge in [-0.15, -0.1) is 0 Å². The van der Waals surface area contributed by atoms with Crippen LogP contribution in [0.3, 0.4) is 0 Å². The molecule has 0 aromatic heterocycles. The van der Waals surface area contributed by atoms with Gasteiger partial charge < -0.3 is 0 Å². The summed E-state index contributed by atoms with van der Waals surface area (Å²) in [7, 11) is -3.30. The molecule has 3 rings (SSSR count). The Morgan fingerprint density at radius 1 is 1.12 bits per heavy atom. The number of carbonyl (C=O) groups is 2. The number of benzene rings is 1. The van der Waals surface area contributed by atoms with Crippen LogP contribution in [0.2, 0.25) is 0 Å². The molecule has 0 bridgehead atoms. The molecule has 1 heterocycles. The van der Waals surface area contributed by atoms with E-state index in [4.69, 9.17) is 11.6 Å². The lowest BCUT2D eigenvalue weighted by Crippen LogP contribution is -2.23. The standard InChI is InChI=1S/C18H19ClO4S/c1-10-9-13(17(21)16-14(19)6-3-7-15(16)20)11(2)12-5-4-8-24(22,23)18(10)12/h9H,3-8H2,1-2H3. The first-order valence-electron chi connectivity index (χ1n) is 8.06. The molecule has 0 amide bonds. The van der Waals surface area contributed by atoms with Gasteiger partial charge in [0, 0.05) is 17.0 Å². The van der Waals surface area contributed by atoms with Crippen molar-refractivity contribution in [1.82, 2.24) is 0 Å². The average molecular weight is 367 g/mol. The van der Waals surface area contributed by atoms with Crippen molar-refractivity contribution in [1.29, 1.82) is 0 Å². The Labute approximate surface area is 146 Å². The lowest BCUT2D eigenvalue weighted by molar-refractivity contribution is -0.115. The van der Waals surface area contributed by atoms with Crippen LogP contribution in [0.5, 0.6) is 0 Å². The summed E-state index contributed by atoms with van der Waals surface area (Å²) in [5, 5.41) is 0.318. The molecule has 24 heavy (non-hydrogen) atoms. The summed E-state index contributed by atoms with van der Waals surface area (Å²) in [5.41, 5.74) is 2.40. The number of aryl methyl sites for hydroxylation is 1. The maximum Gasteiger partial charge on any atom is 0.198 e. The van der Waals surface area contributed by atoms with E-state index in [-0.39, 0.29) is 22.9 Å². The molecule has 0 saturated carbocycles. The van der Waals surface area contributed by atoms with E-state index in [2.05, 4.69) is 0 Å². The van der Waals surface area contributed by atoms with Gasteiger partial charge in [0.05, 0.1) is 16.2 Å². The summed E-state index contributed by atoms with van der Waals surface area (Å²) < 4.78 is 24.7. The van der Waals surface area contributed by atoms with Gasteiger partial charge in [0.15, 0.2) is 21.4 Å². The van der Waals surface area contributed by atoms with Crippen molar-refractivity contribution in [3.05, 3.63) is 38.9 Å². The Hall–Kier alpha value is -1.46. The van der Waals surface area contributed by atoms with Crippen molar-refractivity contribution < 1.29 is 18.0 Å². The topological polar surface area (TPSA) is 68.3 Å². The highest BCUT2D eigenvalue weighted by molar-refractivity contribution is 7.91. The van der Waals surface area contributed by atoms with Gasteiger partial charge in [0.1, 0.15) is 0 Å². The fourth-order valence-electron chi connectivity index (χ4n) is 3.66. The fourth-order valence-corrected chi connectivity index (χ4v) is 5.90. The van der Waals surface area contributed by atoms with Gasteiger partial charge in [-0.3, -0.25) is 9.59 Å². The zero-order chi connectivity index (χ0) is 17.6. The summed E-state index contributed by atoms with van der Waals surface area (Å²) >= 11 is 6.15. The van der Waals surface area contributed by atoms with E-state index in [1.54, 1.807) is 19.9 Å². The molecule has 0 fully saturated rings. The van der Waals surface area contributed by atoms with Gasteiger partial charge >= 0.3 is 0 Å². The van der Waals surface area contributed by atoms with Gasteiger partial charge in [-0.25, -0.2) is 8.42 Å². The average Bonchev–Trinajstić information content (AvgIpc) is 2.49. The van der Waals surface area contributed by atoms with Crippen molar-refractivity contribution in [3.63, 3.8) is 0 Å². The Morgan fingerprint density at radius 2 is 1.83 bits per heavy atom. The summed E-state index contributed by atoms with van der Waals surface area (Å²) in [6.45, 7) is 3.46. The van der Waals surface area contributed by atoms with Crippen LogP contribution >= 0.6 is 11.6 Å². The molecule has 0 atom stereocenters. The van der Waals surface area contributed by atoms with Gasteiger partial charge in [-0.05, 0) is 62.3 Å². The van der Waals surface area contributed by atoms with Crippen LogP contribution in [0, 0.1) is 13.8 Å². The number of hydrogen-bond donors (Lipinski definition) is 0. The predicted octanol–water partition coefficient (Wildman–Crippen LogP) is 3.45. The summed E-state index contributed by atoms with van der Waals surface area (Å²) in [6, 6.07) is 1.60. The van der Waals surface area contributed by atoms with Crippen LogP contribution in [0.1, 0.15) is 52.7 Å². The highest BCUT2D eigenvalue weighted by atomic mass is 35.5. The molecule has 0 radical (unpaired) electrons. The highest BCUT2D eigenvalue weighted by Gasteiger charge is 2.32. The molecule has 1 aliphatic heterocycles. The van der Waals surface area contributed by atoms with Crippen molar-refractivity contribution in [2.24, 2.45) is 0 Å². The molecule has 1 aliphatic carbocycles. The Bertz CT molecular complexity index is 894. The number of sulfone groups is 1. The third kappa shape index (κ3) is 2.74. The molecule has 1 aromatic rings. The molecule has 0 N–H and O–H groups in total. The number of carbonyl (C=O) groups excluding carboxylic acids is 2. The van der Waals surface area contributed by atoms with E-state index in [9.17, 15) is 18.0 Å². The van der Waals surface area contributed by atoms with Crippen LogP contribution in [0.4, 0.5) is 0 Å². The van der Waals surface area contributed by atoms with Gasteiger partial charge in [0.25, 0.3) is 0 Å². The molecule has 128 valence electrons. The molecule has 0 unspecified atom stereocenters. The second kappa shape index (κ2) is 6.12. The normalized spacial score (nSPS) is 20.0. The Balaban J connectivity index is 2.19. The number of rotatable bonds is 2. The third-order valence-corrected chi connectivity index (χ3v) is 7.22. The number of allylic oxidation sites excluding steroid dienone is 2. The SMILES string of the molecule is Cc1cc(C(=O)C2=C(Cl)CCCC2=O)c(C)c2c1S(=O)(=O)CCC2. The Morgan fingerprint density at radius 3 is 2.50 bits per heavy atom. The van der Waals surface area contributed by atoms with Gasteiger partial charge in [0.2, 0.25) is 0 Å². The van der Waals surface area contributed by atoms with Crippen LogP contribution in [0.15, 0.2) is 21.6 Å². The minimum Gasteiger partial charge on any atom is -0.294 e. The molecular weight excluding hydrogens is 348 g/mol. The van der Waals surface area contributed by atoms with E-state index in [0.717, 1.165) is 0 Å². The van der Waals surface area contributed by atoms with Crippen molar-refractivity contribution in [3.8, 4) is 0 Å². The lowest BCUT2D eigenvalue weighted by Gasteiger charge is -2.23. The van der Waals surface area contributed by atoms with E-state index < -0.39 is 9.84 Å². The van der Waals surface area contributed by atoms with E-state index in [1.165, 1.54) is 0 Å². The maximum atomic E-state index is 12.9. The van der Waals surface area contributed by atoms with Crippen LogP contribution in [-0.2, 0) is 21.1 Å². The number of Topliss-reactive ketones (excluding diaryl/α,β-unsaturated/α-hetero) is 2. The first-order valence-corrected chi connectivity index (χ1v) is 10.1. The zero-order valence-electron chi connectivity index (χ0n) is 13.7. The Kier molecular flexibility index (Phi) is 4.43. The fraction of sp³-hybridized carbons (Fsp3) is 0.444. The van der Waals surface area contributed by atoms with Crippen molar-refractivity contribution in [2.45, 2.75) is 50.8 Å².